The molecule has 134 valence electrons. The van der Waals surface area contributed by atoms with Gasteiger partial charge >= 0.3 is 11.8 Å². The summed E-state index contributed by atoms with van der Waals surface area (Å²) in [5.41, 5.74) is 3.61. The van der Waals surface area contributed by atoms with E-state index in [1.54, 1.807) is 12.1 Å². The fraction of sp³-hybridized carbons (Fsp3) is 0.158. The first kappa shape index (κ1) is 18.3. The van der Waals surface area contributed by atoms with E-state index >= 15 is 0 Å². The Balaban J connectivity index is 1.58. The summed E-state index contributed by atoms with van der Waals surface area (Å²) in [7, 11) is 0. The lowest BCUT2D eigenvalue weighted by Gasteiger charge is -2.08. The highest BCUT2D eigenvalue weighted by Crippen LogP contribution is 2.25. The van der Waals surface area contributed by atoms with Crippen LogP contribution in [-0.4, -0.2) is 23.3 Å². The Kier molecular flexibility index (Phi) is 5.49. The zero-order chi connectivity index (χ0) is 18.7. The fourth-order valence-corrected chi connectivity index (χ4v) is 3.15. The highest BCUT2D eigenvalue weighted by Gasteiger charge is 2.15. The molecule has 2 amide bonds. The Morgan fingerprint density at radius 1 is 1.12 bits per heavy atom. The van der Waals surface area contributed by atoms with Gasteiger partial charge in [0.1, 0.15) is 0 Å². The molecule has 2 aromatic carbocycles. The third kappa shape index (κ3) is 4.00. The van der Waals surface area contributed by atoms with Gasteiger partial charge in [-0.1, -0.05) is 35.3 Å². The highest BCUT2D eigenvalue weighted by molar-refractivity contribution is 6.42. The van der Waals surface area contributed by atoms with Crippen molar-refractivity contribution in [2.45, 2.75) is 13.3 Å². The number of carbonyl (C=O) groups is 2. The van der Waals surface area contributed by atoms with Crippen LogP contribution in [0, 0.1) is 6.92 Å². The van der Waals surface area contributed by atoms with Crippen molar-refractivity contribution in [3.63, 3.8) is 0 Å². The van der Waals surface area contributed by atoms with Crippen molar-refractivity contribution in [2.75, 3.05) is 11.9 Å². The monoisotopic (exact) mass is 389 g/mol. The molecule has 0 saturated carbocycles. The van der Waals surface area contributed by atoms with Gasteiger partial charge in [0.25, 0.3) is 0 Å². The molecule has 0 radical (unpaired) electrons. The predicted molar refractivity (Wildman–Crippen MR) is 105 cm³/mol. The molecule has 26 heavy (non-hydrogen) atoms. The summed E-state index contributed by atoms with van der Waals surface area (Å²) in [5, 5.41) is 6.95. The summed E-state index contributed by atoms with van der Waals surface area (Å²) in [6.07, 6.45) is 2.54. The molecule has 1 aromatic heterocycles. The normalized spacial score (nSPS) is 10.7. The molecule has 0 saturated heterocycles. The lowest BCUT2D eigenvalue weighted by Crippen LogP contribution is -2.36. The van der Waals surface area contributed by atoms with Crippen LogP contribution in [0.4, 0.5) is 5.69 Å². The zero-order valence-corrected chi connectivity index (χ0v) is 15.5. The van der Waals surface area contributed by atoms with Gasteiger partial charge in [0, 0.05) is 28.7 Å². The van der Waals surface area contributed by atoms with Gasteiger partial charge in [0.05, 0.1) is 10.7 Å². The average Bonchev–Trinajstić information content (AvgIpc) is 3.02. The summed E-state index contributed by atoms with van der Waals surface area (Å²) in [6.45, 7) is 2.39. The highest BCUT2D eigenvalue weighted by atomic mass is 35.5. The average molecular weight is 390 g/mol. The molecule has 5 nitrogen and oxygen atoms in total. The number of H-pyrrole nitrogens is 1. The third-order valence-electron chi connectivity index (χ3n) is 4.06. The Morgan fingerprint density at radius 2 is 1.92 bits per heavy atom. The number of aryl methyl sites for hydroxylation is 1. The van der Waals surface area contributed by atoms with Crippen molar-refractivity contribution in [3.05, 3.63) is 63.8 Å². The summed E-state index contributed by atoms with van der Waals surface area (Å²) in [4.78, 5) is 27.2. The molecule has 3 N–H and O–H groups in total. The number of anilines is 1. The van der Waals surface area contributed by atoms with Crippen LogP contribution in [0.5, 0.6) is 0 Å². The van der Waals surface area contributed by atoms with Gasteiger partial charge in [0.2, 0.25) is 0 Å². The number of nitrogens with one attached hydrogen (secondary N) is 3. The summed E-state index contributed by atoms with van der Waals surface area (Å²) < 4.78 is 0. The van der Waals surface area contributed by atoms with Crippen LogP contribution in [0.2, 0.25) is 10.0 Å². The number of halogens is 2. The lowest BCUT2D eigenvalue weighted by molar-refractivity contribution is -0.136. The van der Waals surface area contributed by atoms with Crippen LogP contribution in [0.1, 0.15) is 11.1 Å². The van der Waals surface area contributed by atoms with Crippen LogP contribution in [0.25, 0.3) is 10.9 Å². The molecular formula is C19H17Cl2N3O2. The molecule has 0 aliphatic heterocycles. The molecule has 0 aliphatic carbocycles. The number of hydrogen-bond donors (Lipinski definition) is 3. The van der Waals surface area contributed by atoms with Crippen LogP contribution in [-0.2, 0) is 16.0 Å². The maximum atomic E-state index is 12.0. The van der Waals surface area contributed by atoms with Gasteiger partial charge in [-0.3, -0.25) is 9.59 Å². The number of rotatable bonds is 4. The van der Waals surface area contributed by atoms with E-state index in [4.69, 9.17) is 23.2 Å². The number of aromatic amines is 1. The quantitative estimate of drug-likeness (QED) is 0.588. The van der Waals surface area contributed by atoms with E-state index in [1.165, 1.54) is 11.6 Å². The molecule has 7 heteroatoms. The minimum atomic E-state index is -0.788. The van der Waals surface area contributed by atoms with Crippen molar-refractivity contribution in [2.24, 2.45) is 0 Å². The fourth-order valence-electron chi connectivity index (χ4n) is 2.81. The molecule has 3 aromatic rings. The van der Waals surface area contributed by atoms with Crippen LogP contribution >= 0.6 is 23.2 Å². The first-order valence-electron chi connectivity index (χ1n) is 8.05. The Morgan fingerprint density at radius 3 is 2.73 bits per heavy atom. The third-order valence-corrected chi connectivity index (χ3v) is 4.62. The van der Waals surface area contributed by atoms with E-state index < -0.39 is 11.8 Å². The Hall–Kier alpha value is -2.50. The minimum absolute atomic E-state index is 0.298. The second kappa shape index (κ2) is 7.81. The zero-order valence-electron chi connectivity index (χ0n) is 14.0. The number of aromatic nitrogens is 1. The van der Waals surface area contributed by atoms with E-state index in [0.29, 0.717) is 28.7 Å². The number of carbonyl (C=O) groups excluding carboxylic acids is 2. The molecule has 0 fully saturated rings. The van der Waals surface area contributed by atoms with E-state index in [9.17, 15) is 9.59 Å². The molecule has 0 unspecified atom stereocenters. The number of hydrogen-bond acceptors (Lipinski definition) is 2. The number of fused-ring (bicyclic) bond motifs is 1. The Labute approximate surface area is 160 Å². The largest absolute Gasteiger partial charge is 0.361 e. The maximum Gasteiger partial charge on any atom is 0.313 e. The molecule has 0 aliphatic rings. The first-order chi connectivity index (χ1) is 12.5. The summed E-state index contributed by atoms with van der Waals surface area (Å²) >= 11 is 11.8. The van der Waals surface area contributed by atoms with Crippen molar-refractivity contribution < 1.29 is 9.59 Å². The van der Waals surface area contributed by atoms with Crippen LogP contribution < -0.4 is 10.6 Å². The van der Waals surface area contributed by atoms with E-state index in [-0.39, 0.29) is 0 Å². The minimum Gasteiger partial charge on any atom is -0.361 e. The maximum absolute atomic E-state index is 12.0. The molecular weight excluding hydrogens is 373 g/mol. The summed E-state index contributed by atoms with van der Waals surface area (Å²) in [5.74, 6) is -1.51. The van der Waals surface area contributed by atoms with Gasteiger partial charge in [-0.15, -0.1) is 0 Å². The molecule has 0 spiro atoms. The van der Waals surface area contributed by atoms with E-state index in [2.05, 4.69) is 15.6 Å². The smallest absolute Gasteiger partial charge is 0.313 e. The van der Waals surface area contributed by atoms with Crippen LogP contribution in [0.15, 0.2) is 42.6 Å². The van der Waals surface area contributed by atoms with Crippen molar-refractivity contribution in [1.82, 2.24) is 10.3 Å². The van der Waals surface area contributed by atoms with Gasteiger partial charge in [-0.25, -0.2) is 0 Å². The predicted octanol–water partition coefficient (Wildman–Crippen LogP) is 4.08. The van der Waals surface area contributed by atoms with Gasteiger partial charge in [-0.2, -0.15) is 0 Å². The molecule has 1 heterocycles. The Bertz CT molecular complexity index is 982. The topological polar surface area (TPSA) is 74.0 Å². The van der Waals surface area contributed by atoms with Gasteiger partial charge in [0.15, 0.2) is 0 Å². The first-order valence-corrected chi connectivity index (χ1v) is 8.81. The van der Waals surface area contributed by atoms with Gasteiger partial charge in [-0.05, 0) is 48.7 Å². The van der Waals surface area contributed by atoms with Crippen molar-refractivity contribution >= 4 is 51.6 Å². The lowest BCUT2D eigenvalue weighted by atomic mass is 10.1. The van der Waals surface area contributed by atoms with Crippen molar-refractivity contribution in [3.8, 4) is 0 Å². The molecule has 0 bridgehead atoms. The van der Waals surface area contributed by atoms with Crippen molar-refractivity contribution in [1.29, 1.82) is 0 Å². The molecule has 0 atom stereocenters. The standard InChI is InChI=1S/C19H17Cl2N3O2/c1-11-3-2-4-15-17(11)12(10-23-15)7-8-22-18(25)19(26)24-16-9-13(20)5-6-14(16)21/h2-6,9-10,23H,7-8H2,1H3,(H,22,25)(H,24,26). The second-order valence-corrected chi connectivity index (χ2v) is 6.74. The summed E-state index contributed by atoms with van der Waals surface area (Å²) in [6, 6.07) is 10.7. The van der Waals surface area contributed by atoms with Crippen LogP contribution in [0.3, 0.4) is 0 Å². The van der Waals surface area contributed by atoms with E-state index in [1.807, 2.05) is 31.3 Å². The van der Waals surface area contributed by atoms with Gasteiger partial charge < -0.3 is 15.6 Å². The SMILES string of the molecule is Cc1cccc2[nH]cc(CCNC(=O)C(=O)Nc3cc(Cl)ccc3Cl)c12. The second-order valence-electron chi connectivity index (χ2n) is 5.90. The van der Waals surface area contributed by atoms with E-state index in [0.717, 1.165) is 16.5 Å². The molecule has 3 rings (SSSR count). The number of amides is 2. The number of benzene rings is 2.